The fourth-order valence-corrected chi connectivity index (χ4v) is 4.98. The van der Waals surface area contributed by atoms with E-state index < -0.39 is 21.8 Å². The highest BCUT2D eigenvalue weighted by molar-refractivity contribution is 7.91. The summed E-state index contributed by atoms with van der Waals surface area (Å²) >= 11 is 1.08. The lowest BCUT2D eigenvalue weighted by Crippen LogP contribution is -2.09. The molecule has 4 rings (SSSR count). The van der Waals surface area contributed by atoms with Gasteiger partial charge in [-0.2, -0.15) is 13.2 Å². The minimum absolute atomic E-state index is 0.0798. The van der Waals surface area contributed by atoms with Crippen molar-refractivity contribution in [3.05, 3.63) is 83.9 Å². The fourth-order valence-electron chi connectivity index (χ4n) is 3.25. The first kappa shape index (κ1) is 22.2. The van der Waals surface area contributed by atoms with Crippen LogP contribution >= 0.6 is 11.3 Å². The maximum atomic E-state index is 12.9. The van der Waals surface area contributed by atoms with E-state index in [4.69, 9.17) is 5.14 Å². The van der Waals surface area contributed by atoms with E-state index in [2.05, 4.69) is 4.98 Å². The lowest BCUT2D eigenvalue weighted by molar-refractivity contribution is -0.137. The highest BCUT2D eigenvalue weighted by Gasteiger charge is 2.30. The van der Waals surface area contributed by atoms with Crippen molar-refractivity contribution in [2.45, 2.75) is 17.3 Å². The normalized spacial score (nSPS) is 12.2. The van der Waals surface area contributed by atoms with Crippen molar-refractivity contribution in [3.63, 3.8) is 0 Å². The molecule has 0 aliphatic heterocycles. The van der Waals surface area contributed by atoms with Crippen molar-refractivity contribution in [3.8, 4) is 33.0 Å². The number of nitrogens with two attached hydrogens (primary N) is 1. The second-order valence-corrected chi connectivity index (χ2v) is 10.1. The number of aryl methyl sites for hydroxylation is 1. The summed E-state index contributed by atoms with van der Waals surface area (Å²) in [5.74, 6) is 0. The molecule has 0 aliphatic carbocycles. The topological polar surface area (TPSA) is 73.0 Å². The van der Waals surface area contributed by atoms with Gasteiger partial charge >= 0.3 is 6.18 Å². The molecule has 0 saturated heterocycles. The Kier molecular flexibility index (Phi) is 5.66. The molecule has 0 fully saturated rings. The maximum Gasteiger partial charge on any atom is 0.416 e. The summed E-state index contributed by atoms with van der Waals surface area (Å²) in [4.78, 5) is 5.39. The third kappa shape index (κ3) is 4.74. The van der Waals surface area contributed by atoms with Crippen LogP contribution < -0.4 is 5.14 Å². The van der Waals surface area contributed by atoms with E-state index >= 15 is 0 Å². The Morgan fingerprint density at radius 3 is 2.06 bits per heavy atom. The molecule has 2 N–H and O–H groups in total. The van der Waals surface area contributed by atoms with Crippen LogP contribution in [0.15, 0.2) is 77.0 Å². The zero-order valence-corrected chi connectivity index (χ0v) is 18.4. The van der Waals surface area contributed by atoms with Gasteiger partial charge in [0, 0.05) is 16.0 Å². The smallest absolute Gasteiger partial charge is 0.248 e. The van der Waals surface area contributed by atoms with Gasteiger partial charge in [0.15, 0.2) is 0 Å². The van der Waals surface area contributed by atoms with Crippen LogP contribution in [0, 0.1) is 6.92 Å². The lowest BCUT2D eigenvalue weighted by Gasteiger charge is -2.10. The lowest BCUT2D eigenvalue weighted by atomic mass is 10.0. The Labute approximate surface area is 187 Å². The largest absolute Gasteiger partial charge is 0.416 e. The van der Waals surface area contributed by atoms with Crippen molar-refractivity contribution in [2.75, 3.05) is 0 Å². The zero-order valence-electron chi connectivity index (χ0n) is 16.7. The molecular formula is C23H17F3N2O2S2. The van der Waals surface area contributed by atoms with Gasteiger partial charge < -0.3 is 0 Å². The van der Waals surface area contributed by atoms with E-state index in [1.807, 2.05) is 43.3 Å². The molecule has 0 unspecified atom stereocenters. The Morgan fingerprint density at radius 1 is 0.844 bits per heavy atom. The van der Waals surface area contributed by atoms with Crippen molar-refractivity contribution in [1.29, 1.82) is 0 Å². The average Bonchev–Trinajstić information content (AvgIpc) is 3.24. The average molecular weight is 475 g/mol. The van der Waals surface area contributed by atoms with Crippen LogP contribution in [-0.4, -0.2) is 13.4 Å². The number of alkyl halides is 3. The number of aromatic nitrogens is 1. The highest BCUT2D eigenvalue weighted by atomic mass is 32.2. The van der Waals surface area contributed by atoms with Crippen molar-refractivity contribution < 1.29 is 21.6 Å². The molecule has 0 bridgehead atoms. The van der Waals surface area contributed by atoms with Gasteiger partial charge in [0.25, 0.3) is 0 Å². The Balaban J connectivity index is 1.71. The monoisotopic (exact) mass is 474 g/mol. The molecule has 2 aromatic heterocycles. The van der Waals surface area contributed by atoms with Gasteiger partial charge in [0.1, 0.15) is 4.21 Å². The number of pyridine rings is 1. The van der Waals surface area contributed by atoms with E-state index in [9.17, 15) is 21.6 Å². The van der Waals surface area contributed by atoms with Crippen LogP contribution in [0.3, 0.4) is 0 Å². The van der Waals surface area contributed by atoms with Gasteiger partial charge in [-0.05, 0) is 60.5 Å². The minimum atomic E-state index is -4.39. The molecule has 0 atom stereocenters. The molecule has 0 aliphatic rings. The number of nitrogens with zero attached hydrogens (tertiary/aromatic N) is 1. The van der Waals surface area contributed by atoms with Crippen LogP contribution in [0.4, 0.5) is 13.2 Å². The second kappa shape index (κ2) is 8.16. The number of primary sulfonamides is 1. The van der Waals surface area contributed by atoms with Crippen molar-refractivity contribution in [2.24, 2.45) is 5.14 Å². The van der Waals surface area contributed by atoms with Gasteiger partial charge in [-0.3, -0.25) is 0 Å². The van der Waals surface area contributed by atoms with Crippen LogP contribution in [0.25, 0.3) is 33.0 Å². The van der Waals surface area contributed by atoms with Gasteiger partial charge in [0.2, 0.25) is 10.0 Å². The van der Waals surface area contributed by atoms with E-state index in [1.54, 1.807) is 6.07 Å². The van der Waals surface area contributed by atoms with E-state index in [1.165, 1.54) is 18.2 Å². The zero-order chi connectivity index (χ0) is 23.1. The highest BCUT2D eigenvalue weighted by Crippen LogP contribution is 2.34. The molecular weight excluding hydrogens is 457 g/mol. The molecule has 32 heavy (non-hydrogen) atoms. The van der Waals surface area contributed by atoms with Gasteiger partial charge in [-0.25, -0.2) is 18.5 Å². The summed E-state index contributed by atoms with van der Waals surface area (Å²) in [6, 6.07) is 19.2. The number of hydrogen-bond donors (Lipinski definition) is 1. The summed E-state index contributed by atoms with van der Waals surface area (Å²) in [6.45, 7) is 1.89. The standard InChI is InChI=1S/C23H17F3N2O2S2/c1-14-11-19(15-5-7-18(8-6-15)23(24,25)26)28-20(12-14)16-3-2-4-17(13-16)21-9-10-22(31-21)32(27,29)30/h2-13H,1H3,(H2,27,29,30). The quantitative estimate of drug-likeness (QED) is 0.387. The molecule has 0 amide bonds. The summed E-state index contributed by atoms with van der Waals surface area (Å²) < 4.78 is 61.8. The summed E-state index contributed by atoms with van der Waals surface area (Å²) in [5.41, 5.74) is 3.60. The van der Waals surface area contributed by atoms with Gasteiger partial charge in [-0.1, -0.05) is 30.3 Å². The molecule has 2 aromatic carbocycles. The predicted molar refractivity (Wildman–Crippen MR) is 120 cm³/mol. The molecule has 0 radical (unpaired) electrons. The SMILES string of the molecule is Cc1cc(-c2ccc(C(F)(F)F)cc2)nc(-c2cccc(-c3ccc(S(N)(=O)=O)s3)c2)c1. The van der Waals surface area contributed by atoms with Crippen LogP contribution in [0.1, 0.15) is 11.1 Å². The first-order valence-corrected chi connectivity index (χ1v) is 11.8. The summed E-state index contributed by atoms with van der Waals surface area (Å²) in [7, 11) is -3.77. The number of thiophene rings is 1. The minimum Gasteiger partial charge on any atom is -0.248 e. The van der Waals surface area contributed by atoms with Crippen LogP contribution in [0.5, 0.6) is 0 Å². The van der Waals surface area contributed by atoms with Crippen LogP contribution in [-0.2, 0) is 16.2 Å². The Hall–Kier alpha value is -3.01. The van der Waals surface area contributed by atoms with Crippen molar-refractivity contribution >= 4 is 21.4 Å². The molecule has 4 aromatic rings. The first-order chi connectivity index (χ1) is 15.0. The van der Waals surface area contributed by atoms with Gasteiger partial charge in [-0.15, -0.1) is 11.3 Å². The molecule has 9 heteroatoms. The van der Waals surface area contributed by atoms with Crippen molar-refractivity contribution in [1.82, 2.24) is 4.98 Å². The molecule has 164 valence electrons. The second-order valence-electron chi connectivity index (χ2n) is 7.23. The third-order valence-corrected chi connectivity index (χ3v) is 7.36. The maximum absolute atomic E-state index is 12.9. The Bertz CT molecular complexity index is 1390. The fraction of sp³-hybridized carbons (Fsp3) is 0.0870. The number of sulfonamides is 1. The summed E-state index contributed by atoms with van der Waals surface area (Å²) in [6.07, 6.45) is -4.39. The van der Waals surface area contributed by atoms with E-state index in [0.29, 0.717) is 17.0 Å². The Morgan fingerprint density at radius 2 is 1.47 bits per heavy atom. The number of hydrogen-bond acceptors (Lipinski definition) is 4. The van der Waals surface area contributed by atoms with E-state index in [-0.39, 0.29) is 4.21 Å². The number of benzene rings is 2. The third-order valence-electron chi connectivity index (χ3n) is 4.78. The molecule has 0 spiro atoms. The number of rotatable bonds is 4. The predicted octanol–water partition coefficient (Wildman–Crippen LogP) is 6.12. The number of halogens is 3. The molecule has 4 nitrogen and oxygen atoms in total. The molecule has 2 heterocycles. The van der Waals surface area contributed by atoms with Gasteiger partial charge in [0.05, 0.1) is 17.0 Å². The first-order valence-electron chi connectivity index (χ1n) is 9.40. The molecule has 0 saturated carbocycles. The summed E-state index contributed by atoms with van der Waals surface area (Å²) in [5, 5.41) is 5.20. The van der Waals surface area contributed by atoms with E-state index in [0.717, 1.165) is 45.0 Å². The van der Waals surface area contributed by atoms with Crippen LogP contribution in [0.2, 0.25) is 0 Å².